The molecule has 0 bridgehead atoms. The molecule has 290 valence electrons. The molecule has 0 radical (unpaired) electrons. The lowest BCUT2D eigenvalue weighted by atomic mass is 9.98. The average Bonchev–Trinajstić information content (AvgIpc) is 3.89. The Balaban J connectivity index is 0.00000136. The molecule has 0 aliphatic carbocycles. The Bertz CT molecular complexity index is 3570. The highest BCUT2D eigenvalue weighted by Gasteiger charge is 2.22. The van der Waals surface area contributed by atoms with Crippen LogP contribution in [0.25, 0.3) is 115 Å². The molecule has 12 rings (SSSR count). The van der Waals surface area contributed by atoms with Crippen LogP contribution >= 0.6 is 11.3 Å². The van der Waals surface area contributed by atoms with Crippen LogP contribution in [-0.2, 0) is 0 Å². The third-order valence-corrected chi connectivity index (χ3v) is 12.6. The minimum Gasteiger partial charge on any atom is -0.277 e. The van der Waals surface area contributed by atoms with Gasteiger partial charge in [-0.25, -0.2) is 4.98 Å². The zero-order valence-corrected chi connectivity index (χ0v) is 34.7. The number of aromatic nitrogens is 4. The van der Waals surface area contributed by atoms with Crippen LogP contribution in [0.2, 0.25) is 0 Å². The van der Waals surface area contributed by atoms with E-state index in [4.69, 9.17) is 15.0 Å². The SMILES string of the molecule is CCC.c1ccc(-c2ccc(-c3nc(-c4ccccc4)nc(-n4c5c(-c6ccc7sc8ccc9ccccc9c8c7c6)cccc5c5ccc6ccccc6c54)n3)cc2)cc1. The van der Waals surface area contributed by atoms with Gasteiger partial charge in [0.2, 0.25) is 5.95 Å². The van der Waals surface area contributed by atoms with Gasteiger partial charge in [0.05, 0.1) is 11.0 Å². The largest absolute Gasteiger partial charge is 0.277 e. The Morgan fingerprint density at radius 2 is 0.918 bits per heavy atom. The molecule has 0 saturated carbocycles. The van der Waals surface area contributed by atoms with Gasteiger partial charge in [-0.3, -0.25) is 4.57 Å². The Morgan fingerprint density at radius 1 is 0.393 bits per heavy atom. The number of fused-ring (bicyclic) bond motifs is 10. The molecule has 0 aliphatic heterocycles. The van der Waals surface area contributed by atoms with E-state index in [1.807, 2.05) is 35.6 Å². The van der Waals surface area contributed by atoms with Crippen molar-refractivity contribution in [3.8, 4) is 51.0 Å². The van der Waals surface area contributed by atoms with Gasteiger partial charge in [0, 0.05) is 53.0 Å². The molecule has 0 aliphatic rings. The Labute approximate surface area is 358 Å². The zero-order valence-electron chi connectivity index (χ0n) is 33.9. The van der Waals surface area contributed by atoms with Crippen molar-refractivity contribution in [2.45, 2.75) is 20.3 Å². The normalized spacial score (nSPS) is 11.5. The van der Waals surface area contributed by atoms with Crippen LogP contribution in [0, 0.1) is 0 Å². The standard InChI is InChI=1S/C53H32N4S.C3H8/c1-3-12-33(13-4-1)34-22-24-38(25-23-34)52-54-51(37-16-5-2-6-17-37)55-53(56-52)57-49-41-19-10-8-15-36(41)26-29-44(49)43-21-11-20-42(50(43)57)39-28-30-46-45(32-39)48-40-18-9-7-14-35(40)27-31-47(48)58-46;1-3-2/h1-32H;3H2,1-2H3. The van der Waals surface area contributed by atoms with Gasteiger partial charge >= 0.3 is 0 Å². The lowest BCUT2D eigenvalue weighted by molar-refractivity contribution is 0.955. The van der Waals surface area contributed by atoms with E-state index in [0.29, 0.717) is 17.6 Å². The van der Waals surface area contributed by atoms with Crippen molar-refractivity contribution in [1.82, 2.24) is 19.5 Å². The molecule has 0 N–H and O–H groups in total. The monoisotopic (exact) mass is 800 g/mol. The highest BCUT2D eigenvalue weighted by molar-refractivity contribution is 7.26. The number of rotatable bonds is 5. The maximum atomic E-state index is 5.38. The summed E-state index contributed by atoms with van der Waals surface area (Å²) in [6, 6.07) is 69.1. The number of para-hydroxylation sites is 1. The Hall–Kier alpha value is -7.47. The Kier molecular flexibility index (Phi) is 9.17. The first kappa shape index (κ1) is 36.6. The molecule has 4 nitrogen and oxygen atoms in total. The zero-order chi connectivity index (χ0) is 40.9. The third-order valence-electron chi connectivity index (χ3n) is 11.5. The minimum absolute atomic E-state index is 0.577. The summed E-state index contributed by atoms with van der Waals surface area (Å²) in [5.41, 5.74) is 8.57. The van der Waals surface area contributed by atoms with Crippen molar-refractivity contribution in [1.29, 1.82) is 0 Å². The second kappa shape index (κ2) is 15.3. The second-order valence-corrected chi connectivity index (χ2v) is 16.6. The van der Waals surface area contributed by atoms with Gasteiger partial charge in [-0.1, -0.05) is 196 Å². The predicted molar refractivity (Wildman–Crippen MR) is 260 cm³/mol. The lowest BCUT2D eigenvalue weighted by Crippen LogP contribution is -2.07. The molecule has 9 aromatic carbocycles. The van der Waals surface area contributed by atoms with E-state index in [1.165, 1.54) is 42.9 Å². The number of benzene rings is 9. The molecular formula is C56H40N4S. The summed E-state index contributed by atoms with van der Waals surface area (Å²) < 4.78 is 4.87. The highest BCUT2D eigenvalue weighted by atomic mass is 32.1. The summed E-state index contributed by atoms with van der Waals surface area (Å²) in [5, 5.41) is 9.72. The molecule has 0 amide bonds. The van der Waals surface area contributed by atoms with Gasteiger partial charge in [-0.05, 0) is 51.0 Å². The molecule has 3 aromatic heterocycles. The van der Waals surface area contributed by atoms with Gasteiger partial charge in [0.25, 0.3) is 0 Å². The number of thiophene rings is 1. The van der Waals surface area contributed by atoms with Crippen molar-refractivity contribution in [3.63, 3.8) is 0 Å². The van der Waals surface area contributed by atoms with Gasteiger partial charge in [-0.2, -0.15) is 9.97 Å². The van der Waals surface area contributed by atoms with E-state index in [9.17, 15) is 0 Å². The van der Waals surface area contributed by atoms with Crippen molar-refractivity contribution < 1.29 is 0 Å². The van der Waals surface area contributed by atoms with Crippen molar-refractivity contribution in [2.75, 3.05) is 0 Å². The van der Waals surface area contributed by atoms with E-state index in [1.54, 1.807) is 0 Å². The number of hydrogen-bond donors (Lipinski definition) is 0. The van der Waals surface area contributed by atoms with Crippen LogP contribution in [0.5, 0.6) is 0 Å². The summed E-state index contributed by atoms with van der Waals surface area (Å²) >= 11 is 1.86. The van der Waals surface area contributed by atoms with Gasteiger partial charge in [-0.15, -0.1) is 11.3 Å². The minimum atomic E-state index is 0.577. The molecule has 5 heteroatoms. The quantitative estimate of drug-likeness (QED) is 0.174. The summed E-state index contributed by atoms with van der Waals surface area (Å²) in [6.45, 7) is 4.25. The maximum Gasteiger partial charge on any atom is 0.238 e. The van der Waals surface area contributed by atoms with Crippen molar-refractivity contribution >= 4 is 74.9 Å². The van der Waals surface area contributed by atoms with Crippen LogP contribution in [0.4, 0.5) is 0 Å². The lowest BCUT2D eigenvalue weighted by Gasteiger charge is -2.14. The second-order valence-electron chi connectivity index (χ2n) is 15.5. The molecule has 61 heavy (non-hydrogen) atoms. The predicted octanol–water partition coefficient (Wildman–Crippen LogP) is 15.7. The molecular weight excluding hydrogens is 761 g/mol. The van der Waals surface area contributed by atoms with Crippen LogP contribution in [0.15, 0.2) is 194 Å². The number of hydrogen-bond acceptors (Lipinski definition) is 4. The van der Waals surface area contributed by atoms with E-state index < -0.39 is 0 Å². The number of nitrogens with zero attached hydrogens (tertiary/aromatic N) is 4. The van der Waals surface area contributed by atoms with Crippen LogP contribution in [-0.4, -0.2) is 19.5 Å². The van der Waals surface area contributed by atoms with E-state index >= 15 is 0 Å². The first-order valence-corrected chi connectivity index (χ1v) is 21.8. The summed E-state index contributed by atoms with van der Waals surface area (Å²) in [6.07, 6.45) is 1.25. The molecule has 0 atom stereocenters. The van der Waals surface area contributed by atoms with Crippen molar-refractivity contribution in [3.05, 3.63) is 194 Å². The van der Waals surface area contributed by atoms with E-state index in [2.05, 4.69) is 188 Å². The fourth-order valence-corrected chi connectivity index (χ4v) is 9.83. The smallest absolute Gasteiger partial charge is 0.238 e. The molecule has 0 fully saturated rings. The first-order chi connectivity index (χ1) is 30.2. The molecule has 0 unspecified atom stereocenters. The topological polar surface area (TPSA) is 43.6 Å². The molecule has 0 spiro atoms. The molecule has 0 saturated heterocycles. The van der Waals surface area contributed by atoms with Crippen LogP contribution in [0.3, 0.4) is 0 Å². The Morgan fingerprint density at radius 3 is 1.66 bits per heavy atom. The first-order valence-electron chi connectivity index (χ1n) is 20.9. The highest BCUT2D eigenvalue weighted by Crippen LogP contribution is 2.44. The van der Waals surface area contributed by atoms with Gasteiger partial charge in [0.1, 0.15) is 0 Å². The summed E-state index contributed by atoms with van der Waals surface area (Å²) in [7, 11) is 0. The fourth-order valence-electron chi connectivity index (χ4n) is 8.73. The van der Waals surface area contributed by atoms with E-state index in [-0.39, 0.29) is 0 Å². The fraction of sp³-hybridized carbons (Fsp3) is 0.0536. The summed E-state index contributed by atoms with van der Waals surface area (Å²) in [5.74, 6) is 1.82. The van der Waals surface area contributed by atoms with E-state index in [0.717, 1.165) is 60.4 Å². The van der Waals surface area contributed by atoms with Gasteiger partial charge < -0.3 is 0 Å². The van der Waals surface area contributed by atoms with Crippen LogP contribution < -0.4 is 0 Å². The maximum absolute atomic E-state index is 5.38. The molecule has 12 aromatic rings. The van der Waals surface area contributed by atoms with Crippen LogP contribution in [0.1, 0.15) is 20.3 Å². The molecule has 3 heterocycles. The average molecular weight is 801 g/mol. The summed E-state index contributed by atoms with van der Waals surface area (Å²) in [4.78, 5) is 15.8. The van der Waals surface area contributed by atoms with Crippen molar-refractivity contribution in [2.24, 2.45) is 0 Å². The third kappa shape index (κ3) is 6.33. The van der Waals surface area contributed by atoms with Gasteiger partial charge in [0.15, 0.2) is 11.6 Å².